The molecule has 1 N–H and O–H groups in total. The normalized spacial score (nSPS) is 10.4. The van der Waals surface area contributed by atoms with Gasteiger partial charge in [0.25, 0.3) is 0 Å². The molecular formula is C11H15N5. The maximum Gasteiger partial charge on any atom is 0.129 e. The molecule has 5 heteroatoms. The van der Waals surface area contributed by atoms with Crippen LogP contribution in [-0.4, -0.2) is 26.3 Å². The van der Waals surface area contributed by atoms with Gasteiger partial charge in [0.05, 0.1) is 6.20 Å². The van der Waals surface area contributed by atoms with Gasteiger partial charge in [-0.25, -0.2) is 9.97 Å². The second-order valence-electron chi connectivity index (χ2n) is 3.74. The highest BCUT2D eigenvalue weighted by atomic mass is 15.2. The van der Waals surface area contributed by atoms with E-state index >= 15 is 0 Å². The van der Waals surface area contributed by atoms with Crippen LogP contribution in [0, 0.1) is 6.92 Å². The van der Waals surface area contributed by atoms with Crippen molar-refractivity contribution in [2.75, 3.05) is 11.9 Å². The monoisotopic (exact) mass is 217 g/mol. The number of anilines is 1. The van der Waals surface area contributed by atoms with E-state index in [2.05, 4.69) is 20.4 Å². The molecule has 0 aliphatic heterocycles. The van der Waals surface area contributed by atoms with Gasteiger partial charge < -0.3 is 5.32 Å². The molecule has 2 heterocycles. The van der Waals surface area contributed by atoms with Crippen molar-refractivity contribution in [3.8, 4) is 0 Å². The van der Waals surface area contributed by atoms with E-state index in [-0.39, 0.29) is 0 Å². The molecule has 84 valence electrons. The molecule has 0 unspecified atom stereocenters. The summed E-state index contributed by atoms with van der Waals surface area (Å²) in [6.07, 6.45) is 6.42. The zero-order valence-corrected chi connectivity index (χ0v) is 9.51. The van der Waals surface area contributed by atoms with E-state index < -0.39 is 0 Å². The van der Waals surface area contributed by atoms with E-state index in [1.807, 2.05) is 37.1 Å². The quantitative estimate of drug-likeness (QED) is 0.835. The molecule has 2 aromatic heterocycles. The summed E-state index contributed by atoms with van der Waals surface area (Å²) >= 11 is 0. The summed E-state index contributed by atoms with van der Waals surface area (Å²) in [5.74, 6) is 0.872. The van der Waals surface area contributed by atoms with Crippen molar-refractivity contribution in [2.24, 2.45) is 7.05 Å². The van der Waals surface area contributed by atoms with Gasteiger partial charge >= 0.3 is 0 Å². The lowest BCUT2D eigenvalue weighted by atomic mass is 10.2. The fraction of sp³-hybridized carbons (Fsp3) is 0.364. The standard InChI is InChI=1S/C11H15N5/c1-9-5-11(14-8-13-9)12-4-3-10-6-15-16(2)7-10/h5-8H,3-4H2,1-2H3,(H,12,13,14). The molecule has 0 radical (unpaired) electrons. The topological polar surface area (TPSA) is 55.6 Å². The van der Waals surface area contributed by atoms with E-state index in [4.69, 9.17) is 0 Å². The molecule has 0 saturated heterocycles. The predicted octanol–water partition coefficient (Wildman–Crippen LogP) is 1.17. The molecule has 2 aromatic rings. The summed E-state index contributed by atoms with van der Waals surface area (Å²) < 4.78 is 1.81. The van der Waals surface area contributed by atoms with Gasteiger partial charge in [-0.1, -0.05) is 0 Å². The van der Waals surface area contributed by atoms with Crippen LogP contribution in [0.3, 0.4) is 0 Å². The third kappa shape index (κ3) is 2.79. The molecule has 0 amide bonds. The average Bonchev–Trinajstić information content (AvgIpc) is 2.64. The summed E-state index contributed by atoms with van der Waals surface area (Å²) in [5, 5.41) is 7.37. The first-order valence-corrected chi connectivity index (χ1v) is 5.24. The van der Waals surface area contributed by atoms with Gasteiger partial charge in [-0.15, -0.1) is 0 Å². The second-order valence-corrected chi connectivity index (χ2v) is 3.74. The molecule has 0 aromatic carbocycles. The van der Waals surface area contributed by atoms with Gasteiger partial charge in [-0.2, -0.15) is 5.10 Å². The number of nitrogens with zero attached hydrogens (tertiary/aromatic N) is 4. The molecular weight excluding hydrogens is 202 g/mol. The van der Waals surface area contributed by atoms with Crippen LogP contribution in [-0.2, 0) is 13.5 Å². The number of aromatic nitrogens is 4. The van der Waals surface area contributed by atoms with Crippen LogP contribution >= 0.6 is 0 Å². The Balaban J connectivity index is 1.84. The predicted molar refractivity (Wildman–Crippen MR) is 62.2 cm³/mol. The summed E-state index contributed by atoms with van der Waals surface area (Å²) in [7, 11) is 1.92. The van der Waals surface area contributed by atoms with E-state index in [9.17, 15) is 0 Å². The van der Waals surface area contributed by atoms with Gasteiger partial charge in [-0.3, -0.25) is 4.68 Å². The molecule has 16 heavy (non-hydrogen) atoms. The maximum atomic E-state index is 4.13. The molecule has 0 bridgehead atoms. The summed E-state index contributed by atoms with van der Waals surface area (Å²) in [4.78, 5) is 8.18. The first-order chi connectivity index (χ1) is 7.74. The van der Waals surface area contributed by atoms with Crippen LogP contribution in [0.15, 0.2) is 24.8 Å². The number of hydrogen-bond acceptors (Lipinski definition) is 4. The van der Waals surface area contributed by atoms with Crippen LogP contribution in [0.5, 0.6) is 0 Å². The van der Waals surface area contributed by atoms with Crippen LogP contribution in [0.1, 0.15) is 11.3 Å². The minimum Gasteiger partial charge on any atom is -0.370 e. The number of hydrogen-bond donors (Lipinski definition) is 1. The SMILES string of the molecule is Cc1cc(NCCc2cnn(C)c2)ncn1. The number of nitrogens with one attached hydrogen (secondary N) is 1. The minimum atomic E-state index is 0.849. The highest BCUT2D eigenvalue weighted by molar-refractivity contribution is 5.34. The maximum absolute atomic E-state index is 4.13. The third-order valence-corrected chi connectivity index (χ3v) is 2.28. The lowest BCUT2D eigenvalue weighted by molar-refractivity contribution is 0.767. The van der Waals surface area contributed by atoms with E-state index in [1.165, 1.54) is 5.56 Å². The molecule has 0 atom stereocenters. The Morgan fingerprint density at radius 1 is 1.38 bits per heavy atom. The smallest absolute Gasteiger partial charge is 0.129 e. The molecule has 0 aliphatic carbocycles. The Morgan fingerprint density at radius 2 is 2.25 bits per heavy atom. The largest absolute Gasteiger partial charge is 0.370 e. The number of rotatable bonds is 4. The first kappa shape index (κ1) is 10.6. The molecule has 0 fully saturated rings. The highest BCUT2D eigenvalue weighted by Gasteiger charge is 1.97. The number of aryl methyl sites for hydroxylation is 2. The Bertz CT molecular complexity index is 463. The van der Waals surface area contributed by atoms with Crippen molar-refractivity contribution >= 4 is 5.82 Å². The molecule has 2 rings (SSSR count). The average molecular weight is 217 g/mol. The molecule has 0 saturated carbocycles. The van der Waals surface area contributed by atoms with Crippen LogP contribution in [0.2, 0.25) is 0 Å². The second kappa shape index (κ2) is 4.74. The summed E-state index contributed by atoms with van der Waals surface area (Å²) in [5.41, 5.74) is 2.19. The molecule has 0 spiro atoms. The van der Waals surface area contributed by atoms with Gasteiger partial charge in [0.2, 0.25) is 0 Å². The minimum absolute atomic E-state index is 0.849. The van der Waals surface area contributed by atoms with Crippen molar-refractivity contribution in [1.82, 2.24) is 19.7 Å². The van der Waals surface area contributed by atoms with Gasteiger partial charge in [0.1, 0.15) is 12.1 Å². The van der Waals surface area contributed by atoms with Gasteiger partial charge in [0, 0.05) is 31.5 Å². The van der Waals surface area contributed by atoms with Crippen molar-refractivity contribution in [2.45, 2.75) is 13.3 Å². The fourth-order valence-corrected chi connectivity index (χ4v) is 1.49. The first-order valence-electron chi connectivity index (χ1n) is 5.24. The third-order valence-electron chi connectivity index (χ3n) is 2.28. The Hall–Kier alpha value is -1.91. The lowest BCUT2D eigenvalue weighted by Gasteiger charge is -2.04. The molecule has 0 aliphatic rings. The van der Waals surface area contributed by atoms with Crippen LogP contribution in [0.25, 0.3) is 0 Å². The van der Waals surface area contributed by atoms with Crippen molar-refractivity contribution in [1.29, 1.82) is 0 Å². The Kier molecular flexibility index (Phi) is 3.14. The zero-order chi connectivity index (χ0) is 11.4. The zero-order valence-electron chi connectivity index (χ0n) is 9.51. The summed E-state index contributed by atoms with van der Waals surface area (Å²) in [6, 6.07) is 1.93. The van der Waals surface area contributed by atoms with Gasteiger partial charge in [0.15, 0.2) is 0 Å². The van der Waals surface area contributed by atoms with E-state index in [0.717, 1.165) is 24.5 Å². The van der Waals surface area contributed by atoms with Gasteiger partial charge in [-0.05, 0) is 18.9 Å². The lowest BCUT2D eigenvalue weighted by Crippen LogP contribution is -2.06. The van der Waals surface area contributed by atoms with E-state index in [1.54, 1.807) is 6.33 Å². The van der Waals surface area contributed by atoms with Crippen LogP contribution < -0.4 is 5.32 Å². The Labute approximate surface area is 94.5 Å². The molecule has 5 nitrogen and oxygen atoms in total. The van der Waals surface area contributed by atoms with E-state index in [0.29, 0.717) is 0 Å². The summed E-state index contributed by atoms with van der Waals surface area (Å²) in [6.45, 7) is 2.80. The van der Waals surface area contributed by atoms with Crippen molar-refractivity contribution < 1.29 is 0 Å². The Morgan fingerprint density at radius 3 is 2.94 bits per heavy atom. The van der Waals surface area contributed by atoms with Crippen molar-refractivity contribution in [3.63, 3.8) is 0 Å². The van der Waals surface area contributed by atoms with Crippen molar-refractivity contribution in [3.05, 3.63) is 36.0 Å². The fourth-order valence-electron chi connectivity index (χ4n) is 1.49. The highest BCUT2D eigenvalue weighted by Crippen LogP contribution is 2.03. The van der Waals surface area contributed by atoms with Crippen LogP contribution in [0.4, 0.5) is 5.82 Å².